The van der Waals surface area contributed by atoms with Gasteiger partial charge in [-0.1, -0.05) is 31.6 Å². The molecule has 2 nitrogen and oxygen atoms in total. The summed E-state index contributed by atoms with van der Waals surface area (Å²) in [6.45, 7) is 4.95. The van der Waals surface area contributed by atoms with Gasteiger partial charge in [-0.15, -0.1) is 0 Å². The summed E-state index contributed by atoms with van der Waals surface area (Å²) in [5.74, 6) is 0.924. The van der Waals surface area contributed by atoms with E-state index in [2.05, 4.69) is 30.1 Å². The first kappa shape index (κ1) is 14.3. The Bertz CT molecular complexity index is 541. The molecule has 0 radical (unpaired) electrons. The van der Waals surface area contributed by atoms with E-state index in [0.717, 1.165) is 42.0 Å². The second-order valence-corrected chi connectivity index (χ2v) is 4.70. The molecule has 1 aromatic heterocycles. The Balaban J connectivity index is 2.05. The van der Waals surface area contributed by atoms with Gasteiger partial charge >= 0.3 is 0 Å². The smallest absolute Gasteiger partial charge is 0.119 e. The van der Waals surface area contributed by atoms with Gasteiger partial charge in [0.15, 0.2) is 0 Å². The van der Waals surface area contributed by atoms with Crippen LogP contribution in [0.25, 0.3) is 17.3 Å². The van der Waals surface area contributed by atoms with E-state index in [4.69, 9.17) is 4.74 Å². The molecular weight excluding hydrogens is 246 g/mol. The van der Waals surface area contributed by atoms with Crippen LogP contribution < -0.4 is 4.74 Å². The summed E-state index contributed by atoms with van der Waals surface area (Å²) in [6, 6.07) is 12.2. The molecule has 0 bridgehead atoms. The van der Waals surface area contributed by atoms with E-state index in [9.17, 15) is 0 Å². The third kappa shape index (κ3) is 3.95. The number of allylic oxidation sites excluding steroid dienone is 1. The monoisotopic (exact) mass is 267 g/mol. The fourth-order valence-electron chi connectivity index (χ4n) is 1.92. The van der Waals surface area contributed by atoms with Gasteiger partial charge in [-0.3, -0.25) is 4.98 Å². The van der Waals surface area contributed by atoms with Gasteiger partial charge in [-0.05, 0) is 49.2 Å². The molecule has 0 saturated carbocycles. The lowest BCUT2D eigenvalue weighted by Gasteiger charge is -2.06. The van der Waals surface area contributed by atoms with Gasteiger partial charge in [0.05, 0.1) is 12.3 Å². The third-order valence-electron chi connectivity index (χ3n) is 3.06. The Morgan fingerprint density at radius 3 is 2.50 bits per heavy atom. The number of hydrogen-bond acceptors (Lipinski definition) is 2. The van der Waals surface area contributed by atoms with Crippen molar-refractivity contribution in [1.29, 1.82) is 0 Å². The molecule has 0 aliphatic carbocycles. The third-order valence-corrected chi connectivity index (χ3v) is 3.06. The lowest BCUT2D eigenvalue weighted by Crippen LogP contribution is -1.96. The first-order valence-electron chi connectivity index (χ1n) is 7.15. The van der Waals surface area contributed by atoms with Crippen LogP contribution in [0, 0.1) is 0 Å². The zero-order chi connectivity index (χ0) is 14.2. The highest BCUT2D eigenvalue weighted by Gasteiger charge is 2.00. The Morgan fingerprint density at radius 2 is 1.90 bits per heavy atom. The highest BCUT2D eigenvalue weighted by Crippen LogP contribution is 2.21. The molecule has 104 valence electrons. The summed E-state index contributed by atoms with van der Waals surface area (Å²) < 4.78 is 5.66. The van der Waals surface area contributed by atoms with E-state index < -0.39 is 0 Å². The zero-order valence-electron chi connectivity index (χ0n) is 12.2. The minimum absolute atomic E-state index is 0.784. The number of rotatable bonds is 6. The van der Waals surface area contributed by atoms with Crippen LogP contribution >= 0.6 is 0 Å². The largest absolute Gasteiger partial charge is 0.494 e. The van der Waals surface area contributed by atoms with Crippen LogP contribution in [0.15, 0.2) is 48.7 Å². The zero-order valence-corrected chi connectivity index (χ0v) is 12.2. The number of ether oxygens (including phenoxy) is 1. The molecule has 0 atom stereocenters. The maximum absolute atomic E-state index is 5.66. The van der Waals surface area contributed by atoms with E-state index in [0.29, 0.717) is 0 Å². The van der Waals surface area contributed by atoms with Crippen molar-refractivity contribution in [1.82, 2.24) is 4.98 Å². The van der Waals surface area contributed by atoms with Gasteiger partial charge in [-0.25, -0.2) is 0 Å². The van der Waals surface area contributed by atoms with Crippen molar-refractivity contribution < 1.29 is 4.74 Å². The van der Waals surface area contributed by atoms with Gasteiger partial charge in [0.2, 0.25) is 0 Å². The normalized spacial score (nSPS) is 10.9. The number of unbranched alkanes of at least 4 members (excludes halogenated alkanes) is 1. The van der Waals surface area contributed by atoms with Crippen molar-refractivity contribution in [3.8, 4) is 17.0 Å². The number of nitrogens with zero attached hydrogens (tertiary/aromatic N) is 1. The maximum atomic E-state index is 5.66. The topological polar surface area (TPSA) is 22.1 Å². The van der Waals surface area contributed by atoms with Crippen LogP contribution in [-0.2, 0) is 0 Å². The molecule has 0 amide bonds. The van der Waals surface area contributed by atoms with E-state index in [1.807, 2.05) is 43.5 Å². The molecule has 2 heteroatoms. The second-order valence-electron chi connectivity index (χ2n) is 4.70. The Hall–Kier alpha value is -2.09. The van der Waals surface area contributed by atoms with Crippen molar-refractivity contribution >= 4 is 6.08 Å². The van der Waals surface area contributed by atoms with E-state index in [1.54, 1.807) is 0 Å². The molecule has 0 aliphatic heterocycles. The Kier molecular flexibility index (Phi) is 5.36. The summed E-state index contributed by atoms with van der Waals surface area (Å²) in [7, 11) is 0. The first-order chi connectivity index (χ1) is 9.83. The fraction of sp³-hybridized carbons (Fsp3) is 0.278. The van der Waals surface area contributed by atoms with Gasteiger partial charge in [0, 0.05) is 11.8 Å². The quantitative estimate of drug-likeness (QED) is 0.690. The molecule has 0 aliphatic rings. The fourth-order valence-corrected chi connectivity index (χ4v) is 1.92. The summed E-state index contributed by atoms with van der Waals surface area (Å²) in [5.41, 5.74) is 3.22. The molecule has 2 rings (SSSR count). The highest BCUT2D eigenvalue weighted by molar-refractivity contribution is 5.61. The van der Waals surface area contributed by atoms with E-state index in [-0.39, 0.29) is 0 Å². The molecular formula is C18H21NO. The van der Waals surface area contributed by atoms with Crippen molar-refractivity contribution in [2.24, 2.45) is 0 Å². The Morgan fingerprint density at radius 1 is 1.10 bits per heavy atom. The SMILES string of the molecule is C/C=C/c1ccc(-c2ccc(OCCCC)cc2)nc1. The number of pyridine rings is 1. The van der Waals surface area contributed by atoms with Gasteiger partial charge < -0.3 is 4.74 Å². The predicted octanol–water partition coefficient (Wildman–Crippen LogP) is 4.96. The molecule has 0 N–H and O–H groups in total. The van der Waals surface area contributed by atoms with E-state index in [1.165, 1.54) is 0 Å². The number of hydrogen-bond donors (Lipinski definition) is 0. The molecule has 2 aromatic rings. The summed E-state index contributed by atoms with van der Waals surface area (Å²) >= 11 is 0. The number of aromatic nitrogens is 1. The minimum atomic E-state index is 0.784. The highest BCUT2D eigenvalue weighted by atomic mass is 16.5. The van der Waals surface area contributed by atoms with Crippen LogP contribution in [0.3, 0.4) is 0 Å². The molecule has 0 saturated heterocycles. The first-order valence-corrected chi connectivity index (χ1v) is 7.15. The van der Waals surface area contributed by atoms with Crippen molar-refractivity contribution in [3.05, 3.63) is 54.2 Å². The Labute approximate surface area is 121 Å². The second kappa shape index (κ2) is 7.49. The summed E-state index contributed by atoms with van der Waals surface area (Å²) in [6.07, 6.45) is 8.19. The lowest BCUT2D eigenvalue weighted by atomic mass is 10.1. The summed E-state index contributed by atoms with van der Waals surface area (Å²) in [4.78, 5) is 4.48. The minimum Gasteiger partial charge on any atom is -0.494 e. The molecule has 1 heterocycles. The van der Waals surface area contributed by atoms with E-state index >= 15 is 0 Å². The molecule has 0 unspecified atom stereocenters. The molecule has 0 spiro atoms. The van der Waals surface area contributed by atoms with Crippen LogP contribution in [0.2, 0.25) is 0 Å². The van der Waals surface area contributed by atoms with Crippen molar-refractivity contribution in [2.45, 2.75) is 26.7 Å². The maximum Gasteiger partial charge on any atom is 0.119 e. The molecule has 1 aromatic carbocycles. The average molecular weight is 267 g/mol. The number of benzene rings is 1. The van der Waals surface area contributed by atoms with Gasteiger partial charge in [0.25, 0.3) is 0 Å². The summed E-state index contributed by atoms with van der Waals surface area (Å²) in [5, 5.41) is 0. The average Bonchev–Trinajstić information content (AvgIpc) is 2.49. The van der Waals surface area contributed by atoms with Gasteiger partial charge in [0.1, 0.15) is 5.75 Å². The molecule has 20 heavy (non-hydrogen) atoms. The van der Waals surface area contributed by atoms with Gasteiger partial charge in [-0.2, -0.15) is 0 Å². The molecule has 0 fully saturated rings. The van der Waals surface area contributed by atoms with Crippen LogP contribution in [0.4, 0.5) is 0 Å². The van der Waals surface area contributed by atoms with Crippen molar-refractivity contribution in [2.75, 3.05) is 6.61 Å². The predicted molar refractivity (Wildman–Crippen MR) is 84.8 cm³/mol. The van der Waals surface area contributed by atoms with Crippen LogP contribution in [-0.4, -0.2) is 11.6 Å². The van der Waals surface area contributed by atoms with Crippen LogP contribution in [0.5, 0.6) is 5.75 Å². The lowest BCUT2D eigenvalue weighted by molar-refractivity contribution is 0.309. The standard InChI is InChI=1S/C18H21NO/c1-3-5-13-20-17-10-8-16(9-11-17)18-12-7-15(6-4-2)14-19-18/h4,6-12,14H,3,5,13H2,1-2H3/b6-4+. The van der Waals surface area contributed by atoms with Crippen LogP contribution in [0.1, 0.15) is 32.3 Å². The van der Waals surface area contributed by atoms with Crippen molar-refractivity contribution in [3.63, 3.8) is 0 Å².